The largest absolute Gasteiger partial charge is 0.480 e. The number of esters is 1. The van der Waals surface area contributed by atoms with Crippen LogP contribution in [0.5, 0.6) is 0 Å². The molecule has 0 spiro atoms. The predicted molar refractivity (Wildman–Crippen MR) is 98.6 cm³/mol. The van der Waals surface area contributed by atoms with Crippen LogP contribution in [0.4, 0.5) is 0 Å². The number of carbonyl (C=O) groups is 3. The molecule has 1 rings (SSSR count). The van der Waals surface area contributed by atoms with Crippen LogP contribution < -0.4 is 5.32 Å². The Morgan fingerprint density at radius 1 is 1.15 bits per heavy atom. The monoisotopic (exact) mass is 363 g/mol. The molecule has 6 nitrogen and oxygen atoms in total. The van der Waals surface area contributed by atoms with Gasteiger partial charge in [-0.15, -0.1) is 0 Å². The van der Waals surface area contributed by atoms with E-state index in [1.54, 1.807) is 20.8 Å². The third-order valence-corrected chi connectivity index (χ3v) is 3.88. The van der Waals surface area contributed by atoms with E-state index in [1.807, 2.05) is 37.3 Å². The number of hydrogen-bond acceptors (Lipinski definition) is 4. The van der Waals surface area contributed by atoms with Gasteiger partial charge >= 0.3 is 11.9 Å². The van der Waals surface area contributed by atoms with Gasteiger partial charge in [-0.05, 0) is 39.2 Å². The molecule has 0 fully saturated rings. The van der Waals surface area contributed by atoms with E-state index < -0.39 is 23.5 Å². The highest BCUT2D eigenvalue weighted by Crippen LogP contribution is 2.15. The lowest BCUT2D eigenvalue weighted by atomic mass is 9.98. The summed E-state index contributed by atoms with van der Waals surface area (Å²) in [5.41, 5.74) is 0.271. The van der Waals surface area contributed by atoms with Crippen molar-refractivity contribution in [1.82, 2.24) is 5.32 Å². The van der Waals surface area contributed by atoms with Gasteiger partial charge in [0.2, 0.25) is 5.91 Å². The standard InChI is InChI=1S/C20H29NO5/c1-5-15(11-12-17(22)26-20(2,3)4)18(23)21-16(19(24)25)13-14-9-7-6-8-10-14/h6-10,15-16H,5,11-13H2,1-4H3,(H,21,23)(H,24,25). The number of ether oxygens (including phenoxy) is 1. The zero-order valence-corrected chi connectivity index (χ0v) is 16.0. The third kappa shape index (κ3) is 8.14. The van der Waals surface area contributed by atoms with Crippen LogP contribution in [-0.2, 0) is 25.5 Å². The number of carboxylic acids is 1. The van der Waals surface area contributed by atoms with Crippen LogP contribution >= 0.6 is 0 Å². The summed E-state index contributed by atoms with van der Waals surface area (Å²) >= 11 is 0. The van der Waals surface area contributed by atoms with Gasteiger partial charge in [0, 0.05) is 18.8 Å². The molecule has 0 radical (unpaired) electrons. The first kappa shape index (κ1) is 21.7. The van der Waals surface area contributed by atoms with E-state index in [2.05, 4.69) is 5.32 Å². The summed E-state index contributed by atoms with van der Waals surface area (Å²) in [7, 11) is 0. The maximum atomic E-state index is 12.5. The first-order valence-corrected chi connectivity index (χ1v) is 8.91. The number of carboxylic acid groups (broad SMARTS) is 1. The van der Waals surface area contributed by atoms with Gasteiger partial charge in [0.25, 0.3) is 0 Å². The zero-order chi connectivity index (χ0) is 19.7. The second-order valence-electron chi connectivity index (χ2n) is 7.32. The van der Waals surface area contributed by atoms with Gasteiger partial charge in [0.15, 0.2) is 0 Å². The molecule has 0 heterocycles. The minimum Gasteiger partial charge on any atom is -0.480 e. The van der Waals surface area contributed by atoms with Crippen molar-refractivity contribution < 1.29 is 24.2 Å². The van der Waals surface area contributed by atoms with E-state index in [1.165, 1.54) is 0 Å². The van der Waals surface area contributed by atoms with Crippen molar-refractivity contribution >= 4 is 17.8 Å². The van der Waals surface area contributed by atoms with Crippen molar-refractivity contribution in [1.29, 1.82) is 0 Å². The Bertz CT molecular complexity index is 606. The van der Waals surface area contributed by atoms with Gasteiger partial charge in [-0.1, -0.05) is 37.3 Å². The first-order chi connectivity index (χ1) is 12.1. The minimum absolute atomic E-state index is 0.125. The lowest BCUT2D eigenvalue weighted by Gasteiger charge is -2.21. The van der Waals surface area contributed by atoms with E-state index in [0.29, 0.717) is 12.8 Å². The van der Waals surface area contributed by atoms with Crippen LogP contribution in [0.1, 0.15) is 52.5 Å². The lowest BCUT2D eigenvalue weighted by Crippen LogP contribution is -2.45. The third-order valence-electron chi connectivity index (χ3n) is 3.88. The SMILES string of the molecule is CCC(CCC(=O)OC(C)(C)C)C(=O)NC(Cc1ccccc1)C(=O)O. The van der Waals surface area contributed by atoms with Crippen molar-refractivity contribution in [2.45, 2.75) is 65.0 Å². The van der Waals surface area contributed by atoms with E-state index in [0.717, 1.165) is 5.56 Å². The molecule has 0 aromatic heterocycles. The molecule has 1 aromatic rings. The first-order valence-electron chi connectivity index (χ1n) is 8.91. The summed E-state index contributed by atoms with van der Waals surface area (Å²) in [6.45, 7) is 7.20. The van der Waals surface area contributed by atoms with Gasteiger partial charge in [-0.25, -0.2) is 4.79 Å². The molecule has 1 aromatic carbocycles. The minimum atomic E-state index is -1.08. The topological polar surface area (TPSA) is 92.7 Å². The van der Waals surface area contributed by atoms with Crippen LogP contribution in [0.2, 0.25) is 0 Å². The fourth-order valence-corrected chi connectivity index (χ4v) is 2.54. The van der Waals surface area contributed by atoms with E-state index in [4.69, 9.17) is 4.74 Å². The Morgan fingerprint density at radius 2 is 1.77 bits per heavy atom. The smallest absolute Gasteiger partial charge is 0.326 e. The van der Waals surface area contributed by atoms with Gasteiger partial charge in [-0.3, -0.25) is 9.59 Å². The summed E-state index contributed by atoms with van der Waals surface area (Å²) in [4.78, 5) is 35.8. The van der Waals surface area contributed by atoms with E-state index >= 15 is 0 Å². The normalized spacial score (nSPS) is 13.5. The van der Waals surface area contributed by atoms with Crippen molar-refractivity contribution in [2.75, 3.05) is 0 Å². The summed E-state index contributed by atoms with van der Waals surface area (Å²) in [6.07, 6.45) is 1.19. The summed E-state index contributed by atoms with van der Waals surface area (Å²) < 4.78 is 5.25. The average Bonchev–Trinajstić information content (AvgIpc) is 2.54. The molecule has 2 unspecified atom stereocenters. The summed E-state index contributed by atoms with van der Waals surface area (Å²) in [6, 6.07) is 8.14. The molecule has 2 N–H and O–H groups in total. The summed E-state index contributed by atoms with van der Waals surface area (Å²) in [5, 5.41) is 12.0. The van der Waals surface area contributed by atoms with Crippen LogP contribution in [0.25, 0.3) is 0 Å². The lowest BCUT2D eigenvalue weighted by molar-refractivity contribution is -0.155. The molecule has 0 aliphatic heterocycles. The molecule has 0 aliphatic rings. The fourth-order valence-electron chi connectivity index (χ4n) is 2.54. The molecule has 2 atom stereocenters. The molecule has 0 bridgehead atoms. The molecule has 0 aliphatic carbocycles. The molecule has 6 heteroatoms. The highest BCUT2D eigenvalue weighted by Gasteiger charge is 2.26. The van der Waals surface area contributed by atoms with Gasteiger partial charge in [0.05, 0.1) is 0 Å². The maximum Gasteiger partial charge on any atom is 0.326 e. The van der Waals surface area contributed by atoms with Gasteiger partial charge in [-0.2, -0.15) is 0 Å². The number of hydrogen-bond donors (Lipinski definition) is 2. The number of aliphatic carboxylic acids is 1. The predicted octanol–water partition coefficient (Wildman–Crippen LogP) is 2.95. The molecule has 26 heavy (non-hydrogen) atoms. The molecule has 0 saturated heterocycles. The van der Waals surface area contributed by atoms with E-state index in [-0.39, 0.29) is 24.7 Å². The number of nitrogens with one attached hydrogen (secondary N) is 1. The molecule has 0 saturated carbocycles. The second-order valence-corrected chi connectivity index (χ2v) is 7.32. The molecular formula is C20H29NO5. The Balaban J connectivity index is 2.62. The Kier molecular flexibility index (Phi) is 8.29. The maximum absolute atomic E-state index is 12.5. The number of carbonyl (C=O) groups excluding carboxylic acids is 2. The summed E-state index contributed by atoms with van der Waals surface area (Å²) in [5.74, 6) is -2.22. The molecular weight excluding hydrogens is 334 g/mol. The highest BCUT2D eigenvalue weighted by atomic mass is 16.6. The number of rotatable bonds is 9. The van der Waals surface area contributed by atoms with Crippen LogP contribution in [0.3, 0.4) is 0 Å². The second kappa shape index (κ2) is 9.94. The number of benzene rings is 1. The Hall–Kier alpha value is -2.37. The number of amides is 1. The highest BCUT2D eigenvalue weighted by molar-refractivity contribution is 5.85. The van der Waals surface area contributed by atoms with Crippen molar-refractivity contribution in [3.63, 3.8) is 0 Å². The van der Waals surface area contributed by atoms with E-state index in [9.17, 15) is 19.5 Å². The quantitative estimate of drug-likeness (QED) is 0.658. The zero-order valence-electron chi connectivity index (χ0n) is 16.0. The average molecular weight is 363 g/mol. The van der Waals surface area contributed by atoms with Crippen molar-refractivity contribution in [2.24, 2.45) is 5.92 Å². The molecule has 1 amide bonds. The fraction of sp³-hybridized carbons (Fsp3) is 0.550. The van der Waals surface area contributed by atoms with Crippen molar-refractivity contribution in [3.8, 4) is 0 Å². The molecule has 144 valence electrons. The van der Waals surface area contributed by atoms with Gasteiger partial charge < -0.3 is 15.2 Å². The van der Waals surface area contributed by atoms with Crippen LogP contribution in [0.15, 0.2) is 30.3 Å². The van der Waals surface area contributed by atoms with Crippen LogP contribution in [-0.4, -0.2) is 34.6 Å². The van der Waals surface area contributed by atoms with Gasteiger partial charge in [0.1, 0.15) is 11.6 Å². The van der Waals surface area contributed by atoms with Crippen molar-refractivity contribution in [3.05, 3.63) is 35.9 Å². The Labute approximate surface area is 154 Å². The van der Waals surface area contributed by atoms with Crippen LogP contribution in [0, 0.1) is 5.92 Å². The Morgan fingerprint density at radius 3 is 2.27 bits per heavy atom.